The number of aromatic nitrogens is 1. The third-order valence-corrected chi connectivity index (χ3v) is 4.20. The van der Waals surface area contributed by atoms with Gasteiger partial charge in [-0.2, -0.15) is 0 Å². The molecule has 1 unspecified atom stereocenters. The van der Waals surface area contributed by atoms with E-state index >= 15 is 0 Å². The monoisotopic (exact) mass is 441 g/mol. The van der Waals surface area contributed by atoms with Crippen molar-refractivity contribution in [1.82, 2.24) is 10.3 Å². The fraction of sp³-hybridized carbons (Fsp3) is 0.333. The van der Waals surface area contributed by atoms with Crippen LogP contribution in [-0.2, 0) is 11.2 Å². The van der Waals surface area contributed by atoms with Gasteiger partial charge in [0.25, 0.3) is 0 Å². The van der Waals surface area contributed by atoms with E-state index in [-0.39, 0.29) is 23.6 Å². The SMILES string of the molecule is CC(C)(C)NC(O)c1cc(NC(=O)Cc2cc(Cl)cc(Br)c2O)ccn1. The van der Waals surface area contributed by atoms with Gasteiger partial charge < -0.3 is 15.5 Å². The highest BCUT2D eigenvalue weighted by Gasteiger charge is 2.18. The number of halogens is 2. The Hall–Kier alpha value is -1.67. The van der Waals surface area contributed by atoms with Gasteiger partial charge in [-0.15, -0.1) is 0 Å². The summed E-state index contributed by atoms with van der Waals surface area (Å²) in [4.78, 5) is 16.4. The topological polar surface area (TPSA) is 94.5 Å². The first-order valence-corrected chi connectivity index (χ1v) is 9.11. The second-order valence-electron chi connectivity index (χ2n) is 6.89. The highest BCUT2D eigenvalue weighted by molar-refractivity contribution is 9.10. The Morgan fingerprint density at radius 1 is 1.35 bits per heavy atom. The van der Waals surface area contributed by atoms with Crippen molar-refractivity contribution in [3.63, 3.8) is 0 Å². The molecule has 0 spiro atoms. The van der Waals surface area contributed by atoms with Crippen LogP contribution in [0.25, 0.3) is 0 Å². The van der Waals surface area contributed by atoms with Gasteiger partial charge in [0.05, 0.1) is 16.6 Å². The quantitative estimate of drug-likeness (QED) is 0.529. The van der Waals surface area contributed by atoms with E-state index in [0.29, 0.717) is 26.4 Å². The number of amides is 1. The summed E-state index contributed by atoms with van der Waals surface area (Å²) in [6.45, 7) is 5.78. The number of rotatable bonds is 5. The Morgan fingerprint density at radius 3 is 2.69 bits per heavy atom. The fourth-order valence-corrected chi connectivity index (χ4v) is 3.17. The average Bonchev–Trinajstić information content (AvgIpc) is 2.50. The number of carbonyl (C=O) groups excluding carboxylic acids is 1. The summed E-state index contributed by atoms with van der Waals surface area (Å²) in [6.07, 6.45) is 0.497. The number of hydrogen-bond acceptors (Lipinski definition) is 5. The number of hydrogen-bond donors (Lipinski definition) is 4. The summed E-state index contributed by atoms with van der Waals surface area (Å²) in [5, 5.41) is 26.4. The van der Waals surface area contributed by atoms with E-state index in [0.717, 1.165) is 0 Å². The van der Waals surface area contributed by atoms with Crippen molar-refractivity contribution >= 4 is 39.1 Å². The number of phenolic OH excluding ortho intramolecular Hbond substituents is 1. The highest BCUT2D eigenvalue weighted by Crippen LogP contribution is 2.32. The lowest BCUT2D eigenvalue weighted by molar-refractivity contribution is -0.115. The first-order chi connectivity index (χ1) is 12.0. The predicted octanol–water partition coefficient (Wildman–Crippen LogP) is 3.76. The van der Waals surface area contributed by atoms with E-state index in [1.807, 2.05) is 20.8 Å². The van der Waals surface area contributed by atoms with Crippen molar-refractivity contribution in [2.45, 2.75) is 39.0 Å². The van der Waals surface area contributed by atoms with E-state index in [1.54, 1.807) is 18.2 Å². The lowest BCUT2D eigenvalue weighted by Gasteiger charge is -2.24. The molecule has 0 aliphatic heterocycles. The molecule has 4 N–H and O–H groups in total. The summed E-state index contributed by atoms with van der Waals surface area (Å²) in [7, 11) is 0. The summed E-state index contributed by atoms with van der Waals surface area (Å²) < 4.78 is 0.426. The molecule has 1 amide bonds. The number of nitrogens with zero attached hydrogens (tertiary/aromatic N) is 1. The van der Waals surface area contributed by atoms with Crippen LogP contribution in [0.1, 0.15) is 38.3 Å². The van der Waals surface area contributed by atoms with Crippen LogP contribution in [0.2, 0.25) is 5.02 Å². The Balaban J connectivity index is 2.09. The first-order valence-electron chi connectivity index (χ1n) is 7.93. The number of aliphatic hydroxyl groups excluding tert-OH is 1. The van der Waals surface area contributed by atoms with Gasteiger partial charge in [-0.25, -0.2) is 0 Å². The molecule has 2 rings (SSSR count). The maximum Gasteiger partial charge on any atom is 0.228 e. The van der Waals surface area contributed by atoms with Gasteiger partial charge in [-0.3, -0.25) is 15.1 Å². The number of carbonyl (C=O) groups is 1. The molecule has 140 valence electrons. The van der Waals surface area contributed by atoms with Gasteiger partial charge in [0, 0.05) is 28.0 Å². The summed E-state index contributed by atoms with van der Waals surface area (Å²) >= 11 is 9.15. The number of benzene rings is 1. The normalized spacial score (nSPS) is 12.7. The fourth-order valence-electron chi connectivity index (χ4n) is 2.29. The average molecular weight is 443 g/mol. The molecule has 1 aromatic carbocycles. The van der Waals surface area contributed by atoms with Gasteiger partial charge in [0.1, 0.15) is 12.0 Å². The van der Waals surface area contributed by atoms with Gasteiger partial charge >= 0.3 is 0 Å². The second kappa shape index (κ2) is 8.35. The van der Waals surface area contributed by atoms with Crippen LogP contribution in [0.15, 0.2) is 34.9 Å². The van der Waals surface area contributed by atoms with Crippen LogP contribution < -0.4 is 10.6 Å². The number of pyridine rings is 1. The van der Waals surface area contributed by atoms with Crippen molar-refractivity contribution in [3.05, 3.63) is 51.2 Å². The second-order valence-corrected chi connectivity index (χ2v) is 8.18. The Kier molecular flexibility index (Phi) is 6.63. The predicted molar refractivity (Wildman–Crippen MR) is 105 cm³/mol. The number of phenols is 1. The van der Waals surface area contributed by atoms with Crippen LogP contribution in [0, 0.1) is 0 Å². The summed E-state index contributed by atoms with van der Waals surface area (Å²) in [5.74, 6) is -0.352. The standard InChI is InChI=1S/C18H21BrClN3O3/c1-18(2,3)23-17(26)14-9-12(4-5-21-14)22-15(24)7-10-6-11(20)8-13(19)16(10)25/h4-6,8-9,17,23,25-26H,7H2,1-3H3,(H,21,22,24). The first kappa shape index (κ1) is 20.6. The van der Waals surface area contributed by atoms with E-state index in [9.17, 15) is 15.0 Å². The van der Waals surface area contributed by atoms with Crippen LogP contribution in [0.4, 0.5) is 5.69 Å². The zero-order valence-corrected chi connectivity index (χ0v) is 17.0. The maximum absolute atomic E-state index is 12.3. The minimum absolute atomic E-state index is 0.0234. The van der Waals surface area contributed by atoms with Gasteiger partial charge in [-0.05, 0) is 61.0 Å². The Labute approximate surface area is 165 Å². The minimum Gasteiger partial charge on any atom is -0.506 e. The van der Waals surface area contributed by atoms with Crippen molar-refractivity contribution in [2.24, 2.45) is 0 Å². The summed E-state index contributed by atoms with van der Waals surface area (Å²) in [5.41, 5.74) is 1.00. The lowest BCUT2D eigenvalue weighted by atomic mass is 10.1. The smallest absolute Gasteiger partial charge is 0.228 e. The van der Waals surface area contributed by atoms with Crippen molar-refractivity contribution in [3.8, 4) is 5.75 Å². The molecule has 0 fully saturated rings. The van der Waals surface area contributed by atoms with E-state index in [4.69, 9.17) is 11.6 Å². The molecule has 0 saturated carbocycles. The molecule has 0 bridgehead atoms. The van der Waals surface area contributed by atoms with Gasteiger partial charge in [0.2, 0.25) is 5.91 Å². The molecule has 1 atom stereocenters. The van der Waals surface area contributed by atoms with E-state index in [2.05, 4.69) is 31.5 Å². The largest absolute Gasteiger partial charge is 0.506 e. The van der Waals surface area contributed by atoms with Crippen LogP contribution in [0.5, 0.6) is 5.75 Å². The van der Waals surface area contributed by atoms with Crippen LogP contribution in [0.3, 0.4) is 0 Å². The molecule has 26 heavy (non-hydrogen) atoms. The molecular weight excluding hydrogens is 422 g/mol. The third-order valence-electron chi connectivity index (χ3n) is 3.37. The van der Waals surface area contributed by atoms with Crippen LogP contribution in [-0.4, -0.2) is 26.6 Å². The van der Waals surface area contributed by atoms with Crippen molar-refractivity contribution in [1.29, 1.82) is 0 Å². The molecule has 0 aliphatic rings. The van der Waals surface area contributed by atoms with Gasteiger partial charge in [-0.1, -0.05) is 11.6 Å². The van der Waals surface area contributed by atoms with Gasteiger partial charge in [0.15, 0.2) is 0 Å². The van der Waals surface area contributed by atoms with Crippen molar-refractivity contribution < 1.29 is 15.0 Å². The molecule has 8 heteroatoms. The maximum atomic E-state index is 12.3. The molecule has 1 aromatic heterocycles. The van der Waals surface area contributed by atoms with E-state index < -0.39 is 6.23 Å². The molecule has 2 aromatic rings. The molecule has 6 nitrogen and oxygen atoms in total. The molecule has 1 heterocycles. The highest BCUT2D eigenvalue weighted by atomic mass is 79.9. The molecule has 0 radical (unpaired) electrons. The zero-order valence-electron chi connectivity index (χ0n) is 14.7. The Bertz CT molecular complexity index is 809. The van der Waals surface area contributed by atoms with Crippen molar-refractivity contribution in [2.75, 3.05) is 5.32 Å². The van der Waals surface area contributed by atoms with E-state index in [1.165, 1.54) is 12.3 Å². The lowest BCUT2D eigenvalue weighted by Crippen LogP contribution is -2.39. The zero-order chi connectivity index (χ0) is 19.5. The summed E-state index contributed by atoms with van der Waals surface area (Å²) in [6, 6.07) is 6.31. The number of anilines is 1. The molecular formula is C18H21BrClN3O3. The molecule has 0 aliphatic carbocycles. The molecule has 0 saturated heterocycles. The Morgan fingerprint density at radius 2 is 2.04 bits per heavy atom. The number of nitrogens with one attached hydrogen (secondary N) is 2. The third kappa shape index (κ3) is 5.95. The minimum atomic E-state index is -0.959. The number of aromatic hydroxyl groups is 1. The van der Waals surface area contributed by atoms with Crippen LogP contribution >= 0.6 is 27.5 Å². The number of aliphatic hydroxyl groups is 1.